The Morgan fingerprint density at radius 2 is 2.20 bits per heavy atom. The molecule has 0 saturated carbocycles. The predicted molar refractivity (Wildman–Crippen MR) is 56.2 cm³/mol. The maximum Gasteiger partial charge on any atom is 0.153 e. The molecule has 76 valence electrons. The maximum atomic E-state index is 10.7. The minimum absolute atomic E-state index is 0.596. The molecule has 2 rings (SSSR count). The highest BCUT2D eigenvalue weighted by molar-refractivity contribution is 5.75. The van der Waals surface area contributed by atoms with E-state index in [1.54, 1.807) is 24.0 Å². The zero-order chi connectivity index (χ0) is 10.8. The van der Waals surface area contributed by atoms with Gasteiger partial charge in [0.15, 0.2) is 12.1 Å². The fraction of sp³-hybridized carbons (Fsp3) is 0.182. The summed E-state index contributed by atoms with van der Waals surface area (Å²) >= 11 is 0. The third-order valence-corrected chi connectivity index (χ3v) is 2.20. The summed E-state index contributed by atoms with van der Waals surface area (Å²) in [5.74, 6) is 0.728. The number of hydrogen-bond acceptors (Lipinski definition) is 3. The topological polar surface area (TPSA) is 47.8 Å². The van der Waals surface area contributed by atoms with Crippen LogP contribution in [0.4, 0.5) is 0 Å². The lowest BCUT2D eigenvalue weighted by molar-refractivity contribution is 0.112. The fourth-order valence-corrected chi connectivity index (χ4v) is 1.35. The van der Waals surface area contributed by atoms with Crippen molar-refractivity contribution in [3.05, 3.63) is 41.3 Å². The zero-order valence-corrected chi connectivity index (χ0v) is 8.64. The molecule has 0 aliphatic rings. The molecule has 0 unspecified atom stereocenters. The minimum atomic E-state index is 0.596. The van der Waals surface area contributed by atoms with E-state index in [-0.39, 0.29) is 0 Å². The van der Waals surface area contributed by atoms with E-state index in [0.29, 0.717) is 11.3 Å². The Labute approximate surface area is 87.6 Å². The number of aryl methyl sites for hydroxylation is 2. The Bertz CT molecular complexity index is 502. The highest BCUT2D eigenvalue weighted by atomic mass is 16.1. The van der Waals surface area contributed by atoms with E-state index in [9.17, 15) is 4.79 Å². The van der Waals surface area contributed by atoms with E-state index in [2.05, 4.69) is 10.1 Å². The second-order valence-electron chi connectivity index (χ2n) is 3.42. The molecule has 0 amide bonds. The van der Waals surface area contributed by atoms with E-state index in [0.717, 1.165) is 17.7 Å². The molecule has 0 aromatic carbocycles. The van der Waals surface area contributed by atoms with E-state index in [1.165, 1.54) is 0 Å². The van der Waals surface area contributed by atoms with Crippen molar-refractivity contribution in [3.63, 3.8) is 0 Å². The van der Waals surface area contributed by atoms with E-state index in [1.807, 2.05) is 19.1 Å². The molecular formula is C11H11N3O. The number of aromatic nitrogens is 3. The Hall–Kier alpha value is -1.97. The normalized spacial score (nSPS) is 10.3. The van der Waals surface area contributed by atoms with Crippen LogP contribution in [0, 0.1) is 13.8 Å². The Balaban J connectivity index is 2.49. The van der Waals surface area contributed by atoms with Gasteiger partial charge in [-0.1, -0.05) is 0 Å². The van der Waals surface area contributed by atoms with Gasteiger partial charge in [0.2, 0.25) is 0 Å². The van der Waals surface area contributed by atoms with Gasteiger partial charge in [-0.25, -0.2) is 9.67 Å². The molecule has 2 aromatic rings. The number of aldehydes is 1. The van der Waals surface area contributed by atoms with Crippen LogP contribution in [0.3, 0.4) is 0 Å². The van der Waals surface area contributed by atoms with Gasteiger partial charge in [-0.05, 0) is 31.5 Å². The average Bonchev–Trinajstić information content (AvgIpc) is 2.60. The largest absolute Gasteiger partial charge is 0.298 e. The van der Waals surface area contributed by atoms with Crippen molar-refractivity contribution >= 4 is 6.29 Å². The van der Waals surface area contributed by atoms with Crippen molar-refractivity contribution in [2.24, 2.45) is 0 Å². The van der Waals surface area contributed by atoms with Gasteiger partial charge in [-0.3, -0.25) is 4.79 Å². The van der Waals surface area contributed by atoms with Crippen molar-refractivity contribution in [3.8, 4) is 5.82 Å². The molecule has 0 aliphatic heterocycles. The number of carbonyl (C=O) groups excluding carboxylic acids is 1. The first-order valence-corrected chi connectivity index (χ1v) is 4.65. The van der Waals surface area contributed by atoms with Crippen LogP contribution in [0.15, 0.2) is 24.5 Å². The fourth-order valence-electron chi connectivity index (χ4n) is 1.35. The van der Waals surface area contributed by atoms with Crippen LogP contribution in [0.5, 0.6) is 0 Å². The number of pyridine rings is 1. The molecule has 0 spiro atoms. The van der Waals surface area contributed by atoms with Crippen molar-refractivity contribution in [1.29, 1.82) is 0 Å². The van der Waals surface area contributed by atoms with E-state index in [4.69, 9.17) is 0 Å². The standard InChI is InChI=1S/C11H11N3O/c1-8-3-4-12-11(5-8)14-6-10(7-15)9(2)13-14/h3-7H,1-2H3. The Morgan fingerprint density at radius 3 is 2.80 bits per heavy atom. The summed E-state index contributed by atoms with van der Waals surface area (Å²) in [5, 5.41) is 4.22. The molecule has 2 heterocycles. The van der Waals surface area contributed by atoms with Gasteiger partial charge in [0.25, 0.3) is 0 Å². The molecule has 2 aromatic heterocycles. The third-order valence-electron chi connectivity index (χ3n) is 2.20. The molecule has 0 radical (unpaired) electrons. The zero-order valence-electron chi connectivity index (χ0n) is 8.64. The van der Waals surface area contributed by atoms with Gasteiger partial charge in [0.1, 0.15) is 0 Å². The van der Waals surface area contributed by atoms with Crippen LogP contribution in [0.1, 0.15) is 21.6 Å². The quantitative estimate of drug-likeness (QED) is 0.695. The van der Waals surface area contributed by atoms with Crippen LogP contribution in [-0.4, -0.2) is 21.1 Å². The smallest absolute Gasteiger partial charge is 0.153 e. The number of hydrogen-bond donors (Lipinski definition) is 0. The first-order chi connectivity index (χ1) is 7.20. The summed E-state index contributed by atoms with van der Waals surface area (Å²) in [7, 11) is 0. The second kappa shape index (κ2) is 3.65. The highest BCUT2D eigenvalue weighted by Crippen LogP contribution is 2.09. The first kappa shape index (κ1) is 9.58. The molecule has 0 saturated heterocycles. The van der Waals surface area contributed by atoms with Gasteiger partial charge in [0.05, 0.1) is 11.3 Å². The molecule has 0 N–H and O–H groups in total. The summed E-state index contributed by atoms with van der Waals surface area (Å²) in [6.45, 7) is 3.79. The van der Waals surface area contributed by atoms with Crippen LogP contribution in [-0.2, 0) is 0 Å². The predicted octanol–water partition coefficient (Wildman–Crippen LogP) is 1.70. The van der Waals surface area contributed by atoms with Gasteiger partial charge in [-0.2, -0.15) is 5.10 Å². The summed E-state index contributed by atoms with van der Waals surface area (Å²) in [4.78, 5) is 14.8. The highest BCUT2D eigenvalue weighted by Gasteiger charge is 2.05. The van der Waals surface area contributed by atoms with Crippen molar-refractivity contribution < 1.29 is 4.79 Å². The van der Waals surface area contributed by atoms with Crippen molar-refractivity contribution in [2.45, 2.75) is 13.8 Å². The van der Waals surface area contributed by atoms with Gasteiger partial charge >= 0.3 is 0 Å². The monoisotopic (exact) mass is 201 g/mol. The maximum absolute atomic E-state index is 10.7. The van der Waals surface area contributed by atoms with Gasteiger partial charge in [-0.15, -0.1) is 0 Å². The van der Waals surface area contributed by atoms with Crippen LogP contribution in [0.2, 0.25) is 0 Å². The second-order valence-corrected chi connectivity index (χ2v) is 3.42. The van der Waals surface area contributed by atoms with E-state index < -0.39 is 0 Å². The van der Waals surface area contributed by atoms with E-state index >= 15 is 0 Å². The van der Waals surface area contributed by atoms with Gasteiger partial charge < -0.3 is 0 Å². The first-order valence-electron chi connectivity index (χ1n) is 4.65. The number of nitrogens with zero attached hydrogens (tertiary/aromatic N) is 3. The molecule has 15 heavy (non-hydrogen) atoms. The summed E-state index contributed by atoms with van der Waals surface area (Å²) in [5.41, 5.74) is 2.42. The molecular weight excluding hydrogens is 190 g/mol. The lowest BCUT2D eigenvalue weighted by Crippen LogP contribution is -1.98. The lowest BCUT2D eigenvalue weighted by Gasteiger charge is -1.99. The van der Waals surface area contributed by atoms with Crippen LogP contribution < -0.4 is 0 Å². The van der Waals surface area contributed by atoms with Crippen molar-refractivity contribution in [1.82, 2.24) is 14.8 Å². The van der Waals surface area contributed by atoms with Crippen molar-refractivity contribution in [2.75, 3.05) is 0 Å². The molecule has 0 bridgehead atoms. The molecule has 4 heteroatoms. The van der Waals surface area contributed by atoms with Crippen LogP contribution >= 0.6 is 0 Å². The Morgan fingerprint density at radius 1 is 1.40 bits per heavy atom. The Kier molecular flexibility index (Phi) is 2.33. The molecule has 0 aliphatic carbocycles. The minimum Gasteiger partial charge on any atom is -0.298 e. The molecule has 4 nitrogen and oxygen atoms in total. The van der Waals surface area contributed by atoms with Gasteiger partial charge in [0, 0.05) is 12.4 Å². The summed E-state index contributed by atoms with van der Waals surface area (Å²) < 4.78 is 1.62. The third kappa shape index (κ3) is 1.79. The SMILES string of the molecule is Cc1ccnc(-n2cc(C=O)c(C)n2)c1. The molecule has 0 atom stereocenters. The average molecular weight is 201 g/mol. The summed E-state index contributed by atoms with van der Waals surface area (Å²) in [6.07, 6.45) is 4.21. The number of rotatable bonds is 2. The van der Waals surface area contributed by atoms with Crippen LogP contribution in [0.25, 0.3) is 5.82 Å². The number of carbonyl (C=O) groups is 1. The molecule has 0 fully saturated rings. The lowest BCUT2D eigenvalue weighted by atomic mass is 10.3. The summed E-state index contributed by atoms with van der Waals surface area (Å²) in [6, 6.07) is 3.83.